The Labute approximate surface area is 111 Å². The van der Waals surface area contributed by atoms with Crippen molar-refractivity contribution in [1.29, 1.82) is 0 Å². The summed E-state index contributed by atoms with van der Waals surface area (Å²) in [6.07, 6.45) is -3.39. The molecule has 1 fully saturated rings. The van der Waals surface area contributed by atoms with E-state index in [1.54, 1.807) is 0 Å². The highest BCUT2D eigenvalue weighted by atomic mass is 19.4. The maximum atomic E-state index is 11.9. The van der Waals surface area contributed by atoms with Gasteiger partial charge in [0.05, 0.1) is 0 Å². The summed E-state index contributed by atoms with van der Waals surface area (Å²) in [5, 5.41) is 2.65. The number of carbonyl (C=O) groups excluding carboxylic acids is 1. The number of amides is 1. The van der Waals surface area contributed by atoms with Gasteiger partial charge in [0.25, 0.3) is 0 Å². The van der Waals surface area contributed by atoms with E-state index in [4.69, 9.17) is 0 Å². The molecule has 1 aliphatic rings. The van der Waals surface area contributed by atoms with Crippen LogP contribution in [0, 0.1) is 0 Å². The molecule has 0 bridgehead atoms. The van der Waals surface area contributed by atoms with Crippen LogP contribution >= 0.6 is 0 Å². The summed E-state index contributed by atoms with van der Waals surface area (Å²) in [4.78, 5) is 13.8. The van der Waals surface area contributed by atoms with Crippen LogP contribution in [0.4, 0.5) is 13.2 Å². The van der Waals surface area contributed by atoms with Gasteiger partial charge in [0.1, 0.15) is 12.7 Å². The fourth-order valence-electron chi connectivity index (χ4n) is 2.20. The van der Waals surface area contributed by atoms with Gasteiger partial charge in [-0.1, -0.05) is 6.92 Å². The third kappa shape index (κ3) is 5.78. The SMILES string of the molecule is CCN1CCCC1CNC(=O)C(C)OCC(F)(F)F. The number of halogens is 3. The van der Waals surface area contributed by atoms with Crippen molar-refractivity contribution >= 4 is 5.91 Å². The third-order valence-corrected chi connectivity index (χ3v) is 3.28. The minimum Gasteiger partial charge on any atom is -0.359 e. The van der Waals surface area contributed by atoms with Crippen LogP contribution in [0.2, 0.25) is 0 Å². The van der Waals surface area contributed by atoms with E-state index in [2.05, 4.69) is 21.9 Å². The van der Waals surface area contributed by atoms with Gasteiger partial charge in [-0.15, -0.1) is 0 Å². The van der Waals surface area contributed by atoms with Crippen molar-refractivity contribution in [3.8, 4) is 0 Å². The number of carbonyl (C=O) groups is 1. The van der Waals surface area contributed by atoms with E-state index >= 15 is 0 Å². The molecule has 0 aromatic carbocycles. The minimum absolute atomic E-state index is 0.281. The number of nitrogens with one attached hydrogen (secondary N) is 1. The maximum absolute atomic E-state index is 11.9. The molecule has 0 aliphatic carbocycles. The Hall–Kier alpha value is -0.820. The van der Waals surface area contributed by atoms with E-state index in [-0.39, 0.29) is 6.04 Å². The van der Waals surface area contributed by atoms with Gasteiger partial charge in [0.15, 0.2) is 0 Å². The Bertz CT molecular complexity index is 297. The van der Waals surface area contributed by atoms with Crippen LogP contribution in [-0.4, -0.2) is 55.4 Å². The summed E-state index contributed by atoms with van der Waals surface area (Å²) in [7, 11) is 0. The van der Waals surface area contributed by atoms with E-state index < -0.39 is 24.8 Å². The molecule has 0 radical (unpaired) electrons. The molecule has 0 saturated carbocycles. The molecule has 0 aromatic rings. The van der Waals surface area contributed by atoms with Crippen LogP contribution in [0.1, 0.15) is 26.7 Å². The predicted molar refractivity (Wildman–Crippen MR) is 64.7 cm³/mol. The molecule has 0 spiro atoms. The lowest BCUT2D eigenvalue weighted by atomic mass is 10.2. The molecular weight excluding hydrogens is 261 g/mol. The van der Waals surface area contributed by atoms with E-state index in [0.717, 1.165) is 25.9 Å². The normalized spacial score (nSPS) is 22.5. The summed E-state index contributed by atoms with van der Waals surface area (Å²) in [5.74, 6) is -0.493. The van der Waals surface area contributed by atoms with Crippen LogP contribution in [0.25, 0.3) is 0 Å². The summed E-state index contributed by atoms with van der Waals surface area (Å²) < 4.78 is 40.3. The molecule has 1 rings (SSSR count). The van der Waals surface area contributed by atoms with E-state index in [1.165, 1.54) is 6.92 Å². The first kappa shape index (κ1) is 16.2. The van der Waals surface area contributed by atoms with Gasteiger partial charge in [-0.2, -0.15) is 13.2 Å². The van der Waals surface area contributed by atoms with Crippen molar-refractivity contribution in [3.63, 3.8) is 0 Å². The molecule has 2 atom stereocenters. The second kappa shape index (κ2) is 7.09. The molecule has 1 N–H and O–H groups in total. The molecule has 1 saturated heterocycles. The van der Waals surface area contributed by atoms with Crippen molar-refractivity contribution < 1.29 is 22.7 Å². The summed E-state index contributed by atoms with van der Waals surface area (Å²) in [5.41, 5.74) is 0. The van der Waals surface area contributed by atoms with E-state index in [9.17, 15) is 18.0 Å². The monoisotopic (exact) mass is 282 g/mol. The summed E-state index contributed by atoms with van der Waals surface area (Å²) in [6.45, 7) is 4.37. The first-order valence-corrected chi connectivity index (χ1v) is 6.53. The van der Waals surface area contributed by atoms with Gasteiger partial charge in [-0.3, -0.25) is 9.69 Å². The average Bonchev–Trinajstić information content (AvgIpc) is 2.79. The molecule has 4 nitrogen and oxygen atoms in total. The quantitative estimate of drug-likeness (QED) is 0.804. The Kier molecular flexibility index (Phi) is 6.06. The number of likely N-dealkylation sites (N-methyl/N-ethyl adjacent to an activating group) is 1. The number of hydrogen-bond donors (Lipinski definition) is 1. The zero-order chi connectivity index (χ0) is 14.5. The summed E-state index contributed by atoms with van der Waals surface area (Å²) in [6, 6.07) is 0.281. The molecule has 7 heteroatoms. The smallest absolute Gasteiger partial charge is 0.359 e. The lowest BCUT2D eigenvalue weighted by Gasteiger charge is -2.23. The zero-order valence-corrected chi connectivity index (χ0v) is 11.3. The maximum Gasteiger partial charge on any atom is 0.411 e. The van der Waals surface area contributed by atoms with E-state index in [0.29, 0.717) is 6.54 Å². The predicted octanol–water partition coefficient (Wildman–Crippen LogP) is 1.55. The van der Waals surface area contributed by atoms with Crippen molar-refractivity contribution in [3.05, 3.63) is 0 Å². The Morgan fingerprint density at radius 2 is 2.21 bits per heavy atom. The number of nitrogens with zero attached hydrogens (tertiary/aromatic N) is 1. The molecule has 19 heavy (non-hydrogen) atoms. The Morgan fingerprint density at radius 1 is 1.53 bits per heavy atom. The zero-order valence-electron chi connectivity index (χ0n) is 11.3. The van der Waals surface area contributed by atoms with Crippen molar-refractivity contribution in [1.82, 2.24) is 10.2 Å². The first-order valence-electron chi connectivity index (χ1n) is 6.53. The fraction of sp³-hybridized carbons (Fsp3) is 0.917. The highest BCUT2D eigenvalue weighted by Crippen LogP contribution is 2.16. The van der Waals surface area contributed by atoms with Gasteiger partial charge in [0, 0.05) is 12.6 Å². The number of ether oxygens (including phenoxy) is 1. The van der Waals surface area contributed by atoms with Crippen LogP contribution in [0.3, 0.4) is 0 Å². The number of alkyl halides is 3. The van der Waals surface area contributed by atoms with Crippen LogP contribution < -0.4 is 5.32 Å². The Balaban J connectivity index is 2.26. The van der Waals surface area contributed by atoms with E-state index in [1.807, 2.05) is 0 Å². The van der Waals surface area contributed by atoms with Crippen LogP contribution in [0.15, 0.2) is 0 Å². The highest BCUT2D eigenvalue weighted by Gasteiger charge is 2.30. The average molecular weight is 282 g/mol. The largest absolute Gasteiger partial charge is 0.411 e. The molecule has 2 unspecified atom stereocenters. The third-order valence-electron chi connectivity index (χ3n) is 3.28. The highest BCUT2D eigenvalue weighted by molar-refractivity contribution is 5.80. The molecule has 112 valence electrons. The number of rotatable bonds is 6. The topological polar surface area (TPSA) is 41.6 Å². The second-order valence-electron chi connectivity index (χ2n) is 4.74. The van der Waals surface area contributed by atoms with Gasteiger partial charge in [-0.25, -0.2) is 0 Å². The summed E-state index contributed by atoms with van der Waals surface area (Å²) >= 11 is 0. The fourth-order valence-corrected chi connectivity index (χ4v) is 2.20. The van der Waals surface area contributed by atoms with Gasteiger partial charge in [0.2, 0.25) is 5.91 Å². The van der Waals surface area contributed by atoms with Crippen LogP contribution in [0.5, 0.6) is 0 Å². The van der Waals surface area contributed by atoms with Gasteiger partial charge < -0.3 is 10.1 Å². The molecule has 1 aliphatic heterocycles. The Morgan fingerprint density at radius 3 is 2.79 bits per heavy atom. The number of hydrogen-bond acceptors (Lipinski definition) is 3. The van der Waals surface area contributed by atoms with Crippen molar-refractivity contribution in [2.75, 3.05) is 26.2 Å². The molecular formula is C12H21F3N2O2. The van der Waals surface area contributed by atoms with Gasteiger partial charge >= 0.3 is 6.18 Å². The minimum atomic E-state index is -4.40. The first-order chi connectivity index (χ1) is 8.83. The van der Waals surface area contributed by atoms with Crippen molar-refractivity contribution in [2.24, 2.45) is 0 Å². The molecule has 1 heterocycles. The van der Waals surface area contributed by atoms with Gasteiger partial charge in [-0.05, 0) is 32.9 Å². The molecule has 1 amide bonds. The van der Waals surface area contributed by atoms with Crippen molar-refractivity contribution in [2.45, 2.75) is 45.0 Å². The van der Waals surface area contributed by atoms with Crippen LogP contribution in [-0.2, 0) is 9.53 Å². The second-order valence-corrected chi connectivity index (χ2v) is 4.74. The molecule has 0 aromatic heterocycles. The number of likely N-dealkylation sites (tertiary alicyclic amines) is 1. The lowest BCUT2D eigenvalue weighted by molar-refractivity contribution is -0.185. The standard InChI is InChI=1S/C12H21F3N2O2/c1-3-17-6-4-5-10(17)7-16-11(18)9(2)19-8-12(13,14)15/h9-10H,3-8H2,1-2H3,(H,16,18). The lowest BCUT2D eigenvalue weighted by Crippen LogP contribution is -2.44.